The fourth-order valence-electron chi connectivity index (χ4n) is 3.92. The number of aromatic amines is 1. The van der Waals surface area contributed by atoms with Crippen molar-refractivity contribution in [3.05, 3.63) is 48.7 Å². The lowest BCUT2D eigenvalue weighted by Crippen LogP contribution is -2.44. The summed E-state index contributed by atoms with van der Waals surface area (Å²) < 4.78 is 11.4. The van der Waals surface area contributed by atoms with Crippen molar-refractivity contribution in [3.8, 4) is 11.5 Å². The van der Waals surface area contributed by atoms with Crippen LogP contribution in [0.3, 0.4) is 0 Å². The summed E-state index contributed by atoms with van der Waals surface area (Å²) >= 11 is 0. The summed E-state index contributed by atoms with van der Waals surface area (Å²) in [5.74, 6) is 2.36. The molecular weight excluding hydrogens is 392 g/mol. The quantitative estimate of drug-likeness (QED) is 0.425. The number of nitrogens with zero attached hydrogens (tertiary/aromatic N) is 3. The molecule has 1 saturated heterocycles. The number of methoxy groups -OCH3 is 1. The standard InChI is InChI=1S/C23H26N6O2/c1-30-17-5-6-21-19(14-17)20-15-25-28-22(20)23(27-21)26-16-3-2-4-18(13-16)31-12-11-29-9-7-24-8-10-29/h2-6,13-15,24H,7-12H2,1H3,(H,25,28)(H,26,27). The predicted molar refractivity (Wildman–Crippen MR) is 122 cm³/mol. The van der Waals surface area contributed by atoms with Crippen LogP contribution in [0, 0.1) is 0 Å². The summed E-state index contributed by atoms with van der Waals surface area (Å²) in [4.78, 5) is 7.23. The highest BCUT2D eigenvalue weighted by Gasteiger charge is 2.12. The lowest BCUT2D eigenvalue weighted by molar-refractivity contribution is 0.191. The first kappa shape index (κ1) is 19.6. The van der Waals surface area contributed by atoms with Crippen molar-refractivity contribution >= 4 is 33.3 Å². The van der Waals surface area contributed by atoms with Crippen molar-refractivity contribution in [2.75, 3.05) is 51.8 Å². The highest BCUT2D eigenvalue weighted by atomic mass is 16.5. The first-order valence-electron chi connectivity index (χ1n) is 10.5. The minimum atomic E-state index is 0.671. The third-order valence-electron chi connectivity index (χ3n) is 5.58. The van der Waals surface area contributed by atoms with Gasteiger partial charge in [-0.15, -0.1) is 0 Å². The van der Waals surface area contributed by atoms with Gasteiger partial charge in [0.1, 0.15) is 23.6 Å². The molecule has 2 aromatic carbocycles. The maximum absolute atomic E-state index is 6.00. The molecule has 8 nitrogen and oxygen atoms in total. The Morgan fingerprint density at radius 3 is 2.84 bits per heavy atom. The minimum Gasteiger partial charge on any atom is -0.497 e. The van der Waals surface area contributed by atoms with Gasteiger partial charge in [-0.05, 0) is 30.3 Å². The van der Waals surface area contributed by atoms with Gasteiger partial charge in [0.15, 0.2) is 5.82 Å². The van der Waals surface area contributed by atoms with E-state index in [0.717, 1.165) is 77.5 Å². The second-order valence-electron chi connectivity index (χ2n) is 7.60. The normalized spacial score (nSPS) is 14.7. The maximum Gasteiger partial charge on any atom is 0.157 e. The molecule has 8 heteroatoms. The Hall–Kier alpha value is -3.36. The van der Waals surface area contributed by atoms with E-state index in [0.29, 0.717) is 6.61 Å². The van der Waals surface area contributed by atoms with Crippen LogP contribution in [0.2, 0.25) is 0 Å². The number of ether oxygens (including phenoxy) is 2. The van der Waals surface area contributed by atoms with E-state index >= 15 is 0 Å². The number of hydrogen-bond acceptors (Lipinski definition) is 7. The third-order valence-corrected chi connectivity index (χ3v) is 5.58. The van der Waals surface area contributed by atoms with Gasteiger partial charge >= 0.3 is 0 Å². The van der Waals surface area contributed by atoms with E-state index in [1.54, 1.807) is 7.11 Å². The number of nitrogens with one attached hydrogen (secondary N) is 3. The van der Waals surface area contributed by atoms with Gasteiger partial charge in [0, 0.05) is 55.2 Å². The van der Waals surface area contributed by atoms with Crippen LogP contribution in [0.4, 0.5) is 11.5 Å². The molecule has 1 fully saturated rings. The Kier molecular flexibility index (Phi) is 5.56. The zero-order valence-electron chi connectivity index (χ0n) is 17.5. The fourth-order valence-corrected chi connectivity index (χ4v) is 3.92. The van der Waals surface area contributed by atoms with E-state index in [1.807, 2.05) is 48.7 Å². The van der Waals surface area contributed by atoms with Crippen molar-refractivity contribution in [3.63, 3.8) is 0 Å². The van der Waals surface area contributed by atoms with E-state index in [-0.39, 0.29) is 0 Å². The summed E-state index contributed by atoms with van der Waals surface area (Å²) in [5, 5.41) is 16.1. The Morgan fingerprint density at radius 2 is 1.97 bits per heavy atom. The molecule has 5 rings (SSSR count). The van der Waals surface area contributed by atoms with Gasteiger partial charge in [-0.2, -0.15) is 5.10 Å². The summed E-state index contributed by atoms with van der Waals surface area (Å²) in [6.07, 6.45) is 1.82. The monoisotopic (exact) mass is 418 g/mol. The van der Waals surface area contributed by atoms with Crippen molar-refractivity contribution in [2.24, 2.45) is 0 Å². The molecule has 2 aromatic heterocycles. The predicted octanol–water partition coefficient (Wildman–Crippen LogP) is 3.15. The summed E-state index contributed by atoms with van der Waals surface area (Å²) in [5.41, 5.74) is 2.64. The zero-order chi connectivity index (χ0) is 21.0. The van der Waals surface area contributed by atoms with Gasteiger partial charge < -0.3 is 20.1 Å². The number of H-pyrrole nitrogens is 1. The molecule has 0 atom stereocenters. The number of fused-ring (bicyclic) bond motifs is 3. The average Bonchev–Trinajstić information content (AvgIpc) is 3.31. The van der Waals surface area contributed by atoms with Crippen LogP contribution in [0.1, 0.15) is 0 Å². The van der Waals surface area contributed by atoms with Crippen molar-refractivity contribution in [1.29, 1.82) is 0 Å². The van der Waals surface area contributed by atoms with Crippen LogP contribution in [-0.2, 0) is 0 Å². The van der Waals surface area contributed by atoms with E-state index < -0.39 is 0 Å². The molecule has 0 unspecified atom stereocenters. The van der Waals surface area contributed by atoms with Crippen LogP contribution in [0.5, 0.6) is 11.5 Å². The SMILES string of the molecule is COc1ccc2nc(Nc3cccc(OCCN4CCNCC4)c3)c3[nH]ncc3c2c1. The fraction of sp³-hybridized carbons (Fsp3) is 0.304. The third kappa shape index (κ3) is 4.26. The zero-order valence-corrected chi connectivity index (χ0v) is 17.5. The molecule has 0 saturated carbocycles. The first-order chi connectivity index (χ1) is 15.3. The molecule has 0 aliphatic carbocycles. The Morgan fingerprint density at radius 1 is 1.06 bits per heavy atom. The maximum atomic E-state index is 6.00. The first-order valence-corrected chi connectivity index (χ1v) is 10.5. The van der Waals surface area contributed by atoms with Gasteiger partial charge in [0.2, 0.25) is 0 Å². The Bertz CT molecular complexity index is 1190. The van der Waals surface area contributed by atoms with Crippen LogP contribution >= 0.6 is 0 Å². The molecule has 0 radical (unpaired) electrons. The number of anilines is 2. The smallest absolute Gasteiger partial charge is 0.157 e. The molecule has 3 heterocycles. The van der Waals surface area contributed by atoms with Gasteiger partial charge in [0.25, 0.3) is 0 Å². The highest BCUT2D eigenvalue weighted by molar-refractivity contribution is 6.09. The van der Waals surface area contributed by atoms with E-state index in [2.05, 4.69) is 25.7 Å². The molecule has 3 N–H and O–H groups in total. The molecule has 1 aliphatic heterocycles. The molecule has 160 valence electrons. The van der Waals surface area contributed by atoms with Crippen LogP contribution in [0.25, 0.3) is 21.8 Å². The second kappa shape index (κ2) is 8.79. The van der Waals surface area contributed by atoms with Crippen LogP contribution in [0.15, 0.2) is 48.7 Å². The molecule has 4 aromatic rings. The van der Waals surface area contributed by atoms with Gasteiger partial charge in [-0.1, -0.05) is 6.07 Å². The topological polar surface area (TPSA) is 87.3 Å². The highest BCUT2D eigenvalue weighted by Crippen LogP contribution is 2.32. The average molecular weight is 419 g/mol. The van der Waals surface area contributed by atoms with Gasteiger partial charge in [-0.25, -0.2) is 4.98 Å². The Balaban J connectivity index is 1.34. The molecule has 0 bridgehead atoms. The van der Waals surface area contributed by atoms with Gasteiger partial charge in [0.05, 0.1) is 18.8 Å². The van der Waals surface area contributed by atoms with E-state index in [4.69, 9.17) is 14.5 Å². The lowest BCUT2D eigenvalue weighted by Gasteiger charge is -2.26. The number of rotatable bonds is 7. The number of benzene rings is 2. The Labute approximate surface area is 180 Å². The van der Waals surface area contributed by atoms with Crippen molar-refractivity contribution in [2.45, 2.75) is 0 Å². The minimum absolute atomic E-state index is 0.671. The summed E-state index contributed by atoms with van der Waals surface area (Å²) in [7, 11) is 1.66. The van der Waals surface area contributed by atoms with Crippen LogP contribution in [-0.4, -0.2) is 66.5 Å². The summed E-state index contributed by atoms with van der Waals surface area (Å²) in [6, 6.07) is 13.8. The largest absolute Gasteiger partial charge is 0.497 e. The number of piperazine rings is 1. The van der Waals surface area contributed by atoms with Crippen molar-refractivity contribution in [1.82, 2.24) is 25.4 Å². The van der Waals surface area contributed by atoms with Gasteiger partial charge in [-0.3, -0.25) is 10.00 Å². The molecule has 1 aliphatic rings. The van der Waals surface area contributed by atoms with Crippen molar-refractivity contribution < 1.29 is 9.47 Å². The number of hydrogen-bond donors (Lipinski definition) is 3. The molecule has 31 heavy (non-hydrogen) atoms. The molecule has 0 spiro atoms. The molecule has 0 amide bonds. The van der Waals surface area contributed by atoms with E-state index in [9.17, 15) is 0 Å². The van der Waals surface area contributed by atoms with Crippen LogP contribution < -0.4 is 20.1 Å². The molecular formula is C23H26N6O2. The van der Waals surface area contributed by atoms with E-state index in [1.165, 1.54) is 0 Å². The second-order valence-corrected chi connectivity index (χ2v) is 7.60. The number of pyridine rings is 1. The number of aromatic nitrogens is 3. The summed E-state index contributed by atoms with van der Waals surface area (Å²) in [6.45, 7) is 5.85. The lowest BCUT2D eigenvalue weighted by atomic mass is 10.1.